The number of anilines is 1. The van der Waals surface area contributed by atoms with Crippen molar-refractivity contribution in [1.29, 1.82) is 0 Å². The molecule has 122 valence electrons. The number of hydrogen-bond donors (Lipinski definition) is 2. The number of benzene rings is 2. The number of rotatable bonds is 7. The Morgan fingerprint density at radius 1 is 1.26 bits per heavy atom. The first kappa shape index (κ1) is 17.3. The number of ether oxygens (including phenoxy) is 1. The number of hydrogen-bond acceptors (Lipinski definition) is 3. The molecule has 0 aromatic heterocycles. The van der Waals surface area contributed by atoms with Gasteiger partial charge in [0.25, 0.3) is 0 Å². The minimum Gasteiger partial charge on any atom is -0.492 e. The van der Waals surface area contributed by atoms with E-state index in [4.69, 9.17) is 22.1 Å². The summed E-state index contributed by atoms with van der Waals surface area (Å²) in [4.78, 5) is 12.1. The Kier molecular flexibility index (Phi) is 6.44. The fourth-order valence-electron chi connectivity index (χ4n) is 2.14. The van der Waals surface area contributed by atoms with E-state index >= 15 is 0 Å². The first-order valence-corrected chi connectivity index (χ1v) is 8.00. The molecule has 2 aromatic rings. The topological polar surface area (TPSA) is 64.3 Å². The number of amides is 1. The lowest BCUT2D eigenvalue weighted by Crippen LogP contribution is -2.20. The van der Waals surface area contributed by atoms with Crippen LogP contribution in [0.4, 0.5) is 5.69 Å². The van der Waals surface area contributed by atoms with Crippen LogP contribution in [0, 0.1) is 0 Å². The summed E-state index contributed by atoms with van der Waals surface area (Å²) >= 11 is 6.15. The molecule has 0 fully saturated rings. The van der Waals surface area contributed by atoms with Crippen LogP contribution >= 0.6 is 11.6 Å². The van der Waals surface area contributed by atoms with E-state index in [-0.39, 0.29) is 18.4 Å². The van der Waals surface area contributed by atoms with Gasteiger partial charge < -0.3 is 15.8 Å². The second kappa shape index (κ2) is 8.56. The minimum absolute atomic E-state index is 0.153. The average molecular weight is 333 g/mol. The minimum atomic E-state index is -0.334. The predicted molar refractivity (Wildman–Crippen MR) is 93.9 cm³/mol. The van der Waals surface area contributed by atoms with Crippen LogP contribution in [0.1, 0.15) is 31.4 Å². The van der Waals surface area contributed by atoms with Crippen molar-refractivity contribution in [2.24, 2.45) is 5.73 Å². The highest BCUT2D eigenvalue weighted by atomic mass is 35.5. The van der Waals surface area contributed by atoms with Crippen molar-refractivity contribution < 1.29 is 9.53 Å². The summed E-state index contributed by atoms with van der Waals surface area (Å²) in [5.74, 6) is 0.465. The summed E-state index contributed by atoms with van der Waals surface area (Å²) in [5, 5.41) is 3.28. The maximum Gasteiger partial charge on any atom is 0.226 e. The maximum atomic E-state index is 12.1. The summed E-state index contributed by atoms with van der Waals surface area (Å²) < 4.78 is 5.50. The van der Waals surface area contributed by atoms with E-state index in [1.165, 1.54) is 0 Å². The van der Waals surface area contributed by atoms with Crippen molar-refractivity contribution in [3.63, 3.8) is 0 Å². The van der Waals surface area contributed by atoms with Crippen molar-refractivity contribution in [2.45, 2.75) is 25.8 Å². The third-order valence-corrected chi connectivity index (χ3v) is 3.61. The second-order valence-electron chi connectivity index (χ2n) is 5.26. The largest absolute Gasteiger partial charge is 0.492 e. The van der Waals surface area contributed by atoms with Crippen LogP contribution in [0.5, 0.6) is 5.75 Å². The van der Waals surface area contributed by atoms with Gasteiger partial charge in [0, 0.05) is 18.2 Å². The SMILES string of the molecule is CCCOc1ccc(NC(=O)CC(N)c2ccccc2)cc1Cl. The summed E-state index contributed by atoms with van der Waals surface area (Å²) in [7, 11) is 0. The van der Waals surface area contributed by atoms with Gasteiger partial charge in [-0.1, -0.05) is 48.9 Å². The fraction of sp³-hybridized carbons (Fsp3) is 0.278. The Morgan fingerprint density at radius 3 is 2.65 bits per heavy atom. The Bertz CT molecular complexity index is 647. The molecule has 1 atom stereocenters. The molecule has 2 aromatic carbocycles. The molecule has 0 heterocycles. The first-order chi connectivity index (χ1) is 11.1. The van der Waals surface area contributed by atoms with Crippen LogP contribution in [0.25, 0.3) is 0 Å². The normalized spacial score (nSPS) is 11.8. The van der Waals surface area contributed by atoms with Crippen molar-refractivity contribution in [3.05, 3.63) is 59.1 Å². The lowest BCUT2D eigenvalue weighted by Gasteiger charge is -2.13. The Morgan fingerprint density at radius 2 is 2.00 bits per heavy atom. The van der Waals surface area contributed by atoms with Gasteiger partial charge in [-0.15, -0.1) is 0 Å². The monoisotopic (exact) mass is 332 g/mol. The predicted octanol–water partition coefficient (Wildman–Crippen LogP) is 4.16. The molecule has 0 spiro atoms. The summed E-state index contributed by atoms with van der Waals surface area (Å²) in [6.07, 6.45) is 1.11. The highest BCUT2D eigenvalue weighted by Gasteiger charge is 2.12. The van der Waals surface area contributed by atoms with E-state index in [0.29, 0.717) is 23.1 Å². The molecule has 0 saturated carbocycles. The molecule has 3 N–H and O–H groups in total. The quantitative estimate of drug-likeness (QED) is 0.800. The number of carbonyl (C=O) groups excluding carboxylic acids is 1. The maximum absolute atomic E-state index is 12.1. The van der Waals surface area contributed by atoms with Gasteiger partial charge in [-0.2, -0.15) is 0 Å². The van der Waals surface area contributed by atoms with Crippen molar-refractivity contribution in [1.82, 2.24) is 0 Å². The highest BCUT2D eigenvalue weighted by Crippen LogP contribution is 2.28. The molecule has 0 bridgehead atoms. The zero-order chi connectivity index (χ0) is 16.7. The molecule has 23 heavy (non-hydrogen) atoms. The van der Waals surface area contributed by atoms with E-state index in [1.807, 2.05) is 37.3 Å². The third kappa shape index (κ3) is 5.27. The van der Waals surface area contributed by atoms with Gasteiger partial charge in [0.05, 0.1) is 11.6 Å². The number of nitrogens with two attached hydrogens (primary N) is 1. The second-order valence-corrected chi connectivity index (χ2v) is 5.67. The molecule has 0 radical (unpaired) electrons. The molecule has 1 amide bonds. The van der Waals surface area contributed by atoms with Gasteiger partial charge in [-0.25, -0.2) is 0 Å². The molecule has 0 aliphatic heterocycles. The molecule has 0 aliphatic rings. The number of carbonyl (C=O) groups is 1. The Balaban J connectivity index is 1.93. The van der Waals surface area contributed by atoms with Crippen molar-refractivity contribution in [2.75, 3.05) is 11.9 Å². The molecule has 2 rings (SSSR count). The van der Waals surface area contributed by atoms with E-state index in [1.54, 1.807) is 18.2 Å². The zero-order valence-corrected chi connectivity index (χ0v) is 13.8. The van der Waals surface area contributed by atoms with Crippen molar-refractivity contribution in [3.8, 4) is 5.75 Å². The lowest BCUT2D eigenvalue weighted by atomic mass is 10.0. The van der Waals surface area contributed by atoms with E-state index in [0.717, 1.165) is 12.0 Å². The summed E-state index contributed by atoms with van der Waals surface area (Å²) in [6.45, 7) is 2.63. The molecule has 5 heteroatoms. The summed E-state index contributed by atoms with van der Waals surface area (Å²) in [5.41, 5.74) is 7.61. The van der Waals surface area contributed by atoms with Gasteiger partial charge in [0.1, 0.15) is 5.75 Å². The van der Waals surface area contributed by atoms with Gasteiger partial charge in [0.15, 0.2) is 0 Å². The molecular weight excluding hydrogens is 312 g/mol. The number of nitrogens with one attached hydrogen (secondary N) is 1. The third-order valence-electron chi connectivity index (χ3n) is 3.31. The number of halogens is 1. The molecule has 4 nitrogen and oxygen atoms in total. The van der Waals surface area contributed by atoms with Crippen LogP contribution in [0.2, 0.25) is 5.02 Å². The average Bonchev–Trinajstić information content (AvgIpc) is 2.55. The van der Waals surface area contributed by atoms with E-state index in [2.05, 4.69) is 5.32 Å². The molecule has 1 unspecified atom stereocenters. The van der Waals surface area contributed by atoms with Gasteiger partial charge >= 0.3 is 0 Å². The Hall–Kier alpha value is -2.04. The fourth-order valence-corrected chi connectivity index (χ4v) is 2.37. The zero-order valence-electron chi connectivity index (χ0n) is 13.1. The van der Waals surface area contributed by atoms with Crippen LogP contribution in [-0.2, 0) is 4.79 Å². The van der Waals surface area contributed by atoms with Crippen LogP contribution in [-0.4, -0.2) is 12.5 Å². The van der Waals surface area contributed by atoms with E-state index in [9.17, 15) is 4.79 Å². The summed E-state index contributed by atoms with van der Waals surface area (Å²) in [6, 6.07) is 14.4. The highest BCUT2D eigenvalue weighted by molar-refractivity contribution is 6.32. The van der Waals surface area contributed by atoms with Crippen LogP contribution < -0.4 is 15.8 Å². The van der Waals surface area contributed by atoms with Crippen molar-refractivity contribution >= 4 is 23.2 Å². The van der Waals surface area contributed by atoms with Crippen LogP contribution in [0.15, 0.2) is 48.5 Å². The Labute approximate surface area is 141 Å². The van der Waals surface area contributed by atoms with E-state index < -0.39 is 0 Å². The van der Waals surface area contributed by atoms with Gasteiger partial charge in [-0.3, -0.25) is 4.79 Å². The lowest BCUT2D eigenvalue weighted by molar-refractivity contribution is -0.116. The van der Waals surface area contributed by atoms with Crippen LogP contribution in [0.3, 0.4) is 0 Å². The smallest absolute Gasteiger partial charge is 0.226 e. The van der Waals surface area contributed by atoms with Gasteiger partial charge in [-0.05, 0) is 30.2 Å². The molecule has 0 saturated heterocycles. The molecule has 0 aliphatic carbocycles. The molecular formula is C18H21ClN2O2. The standard InChI is InChI=1S/C18H21ClN2O2/c1-2-10-23-17-9-8-14(11-15(17)19)21-18(22)12-16(20)13-6-4-3-5-7-13/h3-9,11,16H,2,10,12,20H2,1H3,(H,21,22). The first-order valence-electron chi connectivity index (χ1n) is 7.63. The van der Waals surface area contributed by atoms with Gasteiger partial charge in [0.2, 0.25) is 5.91 Å².